The molecule has 170 valence electrons. The summed E-state index contributed by atoms with van der Waals surface area (Å²) in [4.78, 5) is 39.7. The van der Waals surface area contributed by atoms with E-state index in [0.717, 1.165) is 37.9 Å². The second kappa shape index (κ2) is 11.4. The first-order valence-corrected chi connectivity index (χ1v) is 11.3. The molecule has 2 aromatic rings. The van der Waals surface area contributed by atoms with E-state index in [1.165, 1.54) is 5.56 Å². The third-order valence-electron chi connectivity index (χ3n) is 5.91. The molecule has 0 aromatic heterocycles. The van der Waals surface area contributed by atoms with E-state index >= 15 is 0 Å². The van der Waals surface area contributed by atoms with Gasteiger partial charge in [0.2, 0.25) is 0 Å². The zero-order valence-electron chi connectivity index (χ0n) is 18.8. The van der Waals surface area contributed by atoms with Crippen LogP contribution < -0.4 is 16.0 Å². The molecule has 1 fully saturated rings. The standard InChI is InChI=1S/C25H32N4O3/c1-3-18-11-13-19(14-12-18)16-26-23(30)21-9-5-6-10-22(21)28-25(32)24(31)27-17-20-8-7-15-29(20)4-2/h5-6,9-14,20H,3-4,7-8,15-17H2,1-2H3,(H,26,30)(H,27,31)(H,28,32)/t20-/m1/s1. The van der Waals surface area contributed by atoms with Crippen LogP contribution in [-0.2, 0) is 22.6 Å². The van der Waals surface area contributed by atoms with Crippen LogP contribution in [0.5, 0.6) is 0 Å². The number of carbonyl (C=O) groups excluding carboxylic acids is 3. The largest absolute Gasteiger partial charge is 0.348 e. The highest BCUT2D eigenvalue weighted by Crippen LogP contribution is 2.17. The van der Waals surface area contributed by atoms with Crippen molar-refractivity contribution in [1.82, 2.24) is 15.5 Å². The molecular weight excluding hydrogens is 404 g/mol. The summed E-state index contributed by atoms with van der Waals surface area (Å²) in [5, 5.41) is 8.17. The summed E-state index contributed by atoms with van der Waals surface area (Å²) in [7, 11) is 0. The van der Waals surface area contributed by atoms with Gasteiger partial charge in [0.15, 0.2) is 0 Å². The zero-order valence-corrected chi connectivity index (χ0v) is 18.8. The van der Waals surface area contributed by atoms with E-state index in [1.807, 2.05) is 24.3 Å². The van der Waals surface area contributed by atoms with Crippen LogP contribution in [-0.4, -0.2) is 48.3 Å². The molecule has 3 N–H and O–H groups in total. The predicted molar refractivity (Wildman–Crippen MR) is 125 cm³/mol. The van der Waals surface area contributed by atoms with E-state index in [4.69, 9.17) is 0 Å². The van der Waals surface area contributed by atoms with Crippen LogP contribution in [0.4, 0.5) is 5.69 Å². The average Bonchev–Trinajstić information content (AvgIpc) is 3.29. The van der Waals surface area contributed by atoms with Crippen molar-refractivity contribution < 1.29 is 14.4 Å². The lowest BCUT2D eigenvalue weighted by Crippen LogP contribution is -2.43. The van der Waals surface area contributed by atoms with Gasteiger partial charge in [-0.3, -0.25) is 19.3 Å². The van der Waals surface area contributed by atoms with Crippen LogP contribution in [0.25, 0.3) is 0 Å². The molecule has 1 heterocycles. The van der Waals surface area contributed by atoms with Crippen molar-refractivity contribution in [3.05, 3.63) is 65.2 Å². The minimum absolute atomic E-state index is 0.265. The van der Waals surface area contributed by atoms with E-state index in [2.05, 4.69) is 34.7 Å². The molecule has 1 atom stereocenters. The number of nitrogens with one attached hydrogen (secondary N) is 3. The summed E-state index contributed by atoms with van der Waals surface area (Å²) < 4.78 is 0. The van der Waals surface area contributed by atoms with E-state index in [1.54, 1.807) is 24.3 Å². The molecule has 1 saturated heterocycles. The first-order chi connectivity index (χ1) is 15.5. The van der Waals surface area contributed by atoms with Crippen molar-refractivity contribution in [2.45, 2.75) is 45.7 Å². The topological polar surface area (TPSA) is 90.5 Å². The van der Waals surface area contributed by atoms with Crippen LogP contribution in [0.15, 0.2) is 48.5 Å². The highest BCUT2D eigenvalue weighted by atomic mass is 16.2. The molecule has 0 unspecified atom stereocenters. The average molecular weight is 437 g/mol. The predicted octanol–water partition coefficient (Wildman–Crippen LogP) is 2.72. The number of benzene rings is 2. The van der Waals surface area contributed by atoms with Crippen molar-refractivity contribution in [3.8, 4) is 0 Å². The van der Waals surface area contributed by atoms with Crippen molar-refractivity contribution in [1.29, 1.82) is 0 Å². The number of para-hydroxylation sites is 1. The summed E-state index contributed by atoms with van der Waals surface area (Å²) >= 11 is 0. The number of likely N-dealkylation sites (tertiary alicyclic amines) is 1. The van der Waals surface area contributed by atoms with Gasteiger partial charge in [-0.15, -0.1) is 0 Å². The van der Waals surface area contributed by atoms with Gasteiger partial charge in [0.05, 0.1) is 11.3 Å². The molecule has 7 heteroatoms. The minimum atomic E-state index is -0.776. The Kier molecular flexibility index (Phi) is 8.39. The molecule has 0 bridgehead atoms. The number of nitrogens with zero attached hydrogens (tertiary/aromatic N) is 1. The maximum Gasteiger partial charge on any atom is 0.313 e. The quantitative estimate of drug-likeness (QED) is 0.555. The zero-order chi connectivity index (χ0) is 22.9. The van der Waals surface area contributed by atoms with Crippen molar-refractivity contribution in [3.63, 3.8) is 0 Å². The Hall–Kier alpha value is -3.19. The summed E-state index contributed by atoms with van der Waals surface area (Å²) in [5.74, 6) is -1.79. The van der Waals surface area contributed by atoms with Gasteiger partial charge in [-0.05, 0) is 55.6 Å². The molecule has 3 rings (SSSR count). The van der Waals surface area contributed by atoms with Gasteiger partial charge in [0.25, 0.3) is 5.91 Å². The molecule has 3 amide bonds. The molecule has 32 heavy (non-hydrogen) atoms. The van der Waals surface area contributed by atoms with Crippen LogP contribution in [0, 0.1) is 0 Å². The fourth-order valence-electron chi connectivity index (χ4n) is 3.97. The van der Waals surface area contributed by atoms with E-state index in [9.17, 15) is 14.4 Å². The lowest BCUT2D eigenvalue weighted by molar-refractivity contribution is -0.136. The van der Waals surface area contributed by atoms with Crippen molar-refractivity contribution >= 4 is 23.4 Å². The van der Waals surface area contributed by atoms with Crippen LogP contribution in [0.3, 0.4) is 0 Å². The number of amides is 3. The Balaban J connectivity index is 1.55. The van der Waals surface area contributed by atoms with Gasteiger partial charge < -0.3 is 16.0 Å². The van der Waals surface area contributed by atoms with Gasteiger partial charge in [-0.2, -0.15) is 0 Å². The number of hydrogen-bond donors (Lipinski definition) is 3. The maximum absolute atomic E-state index is 12.7. The van der Waals surface area contributed by atoms with Gasteiger partial charge in [0, 0.05) is 19.1 Å². The first-order valence-electron chi connectivity index (χ1n) is 11.3. The fourth-order valence-corrected chi connectivity index (χ4v) is 3.97. The van der Waals surface area contributed by atoms with E-state index in [0.29, 0.717) is 24.3 Å². The molecule has 1 aliphatic heterocycles. The molecule has 7 nitrogen and oxygen atoms in total. The number of likely N-dealkylation sites (N-methyl/N-ethyl adjacent to an activating group) is 1. The van der Waals surface area contributed by atoms with E-state index in [-0.39, 0.29) is 11.9 Å². The number of rotatable bonds is 8. The van der Waals surface area contributed by atoms with Gasteiger partial charge in [-0.25, -0.2) is 0 Å². The minimum Gasteiger partial charge on any atom is -0.348 e. The third-order valence-corrected chi connectivity index (χ3v) is 5.91. The van der Waals surface area contributed by atoms with E-state index < -0.39 is 11.8 Å². The number of hydrogen-bond acceptors (Lipinski definition) is 4. The summed E-state index contributed by atoms with van der Waals surface area (Å²) in [6, 6.07) is 15.0. The van der Waals surface area contributed by atoms with Crippen molar-refractivity contribution in [2.75, 3.05) is 25.0 Å². The second-order valence-corrected chi connectivity index (χ2v) is 7.99. The Morgan fingerprint density at radius 3 is 2.38 bits per heavy atom. The summed E-state index contributed by atoms with van der Waals surface area (Å²) in [6.07, 6.45) is 3.08. The second-order valence-electron chi connectivity index (χ2n) is 7.99. The van der Waals surface area contributed by atoms with Gasteiger partial charge in [0.1, 0.15) is 0 Å². The van der Waals surface area contributed by atoms with Crippen LogP contribution in [0.1, 0.15) is 48.2 Å². The summed E-state index contributed by atoms with van der Waals surface area (Å²) in [5.41, 5.74) is 2.85. The lowest BCUT2D eigenvalue weighted by atomic mass is 10.1. The normalized spacial score (nSPS) is 15.9. The number of anilines is 1. The van der Waals surface area contributed by atoms with Crippen LogP contribution in [0.2, 0.25) is 0 Å². The van der Waals surface area contributed by atoms with Crippen molar-refractivity contribution in [2.24, 2.45) is 0 Å². The molecule has 0 aliphatic carbocycles. The molecule has 1 aliphatic rings. The maximum atomic E-state index is 12.7. The Morgan fingerprint density at radius 1 is 0.938 bits per heavy atom. The highest BCUT2D eigenvalue weighted by molar-refractivity contribution is 6.40. The smallest absolute Gasteiger partial charge is 0.313 e. The van der Waals surface area contributed by atoms with Crippen LogP contribution >= 0.6 is 0 Å². The van der Waals surface area contributed by atoms with Gasteiger partial charge in [-0.1, -0.05) is 50.2 Å². The molecule has 0 spiro atoms. The fraction of sp³-hybridized carbons (Fsp3) is 0.400. The molecular formula is C25H32N4O3. The lowest BCUT2D eigenvalue weighted by Gasteiger charge is -2.22. The Labute approximate surface area is 189 Å². The number of aryl methyl sites for hydroxylation is 1. The number of carbonyl (C=O) groups is 3. The third kappa shape index (κ3) is 6.17. The Bertz CT molecular complexity index is 942. The molecule has 2 aromatic carbocycles. The monoisotopic (exact) mass is 436 g/mol. The molecule has 0 radical (unpaired) electrons. The Morgan fingerprint density at radius 2 is 1.66 bits per heavy atom. The first kappa shape index (κ1) is 23.5. The van der Waals surface area contributed by atoms with Gasteiger partial charge >= 0.3 is 11.8 Å². The summed E-state index contributed by atoms with van der Waals surface area (Å²) in [6.45, 7) is 6.96. The molecule has 0 saturated carbocycles. The SMILES string of the molecule is CCc1ccc(CNC(=O)c2ccccc2NC(=O)C(=O)NC[C@H]2CCCN2CC)cc1. The highest BCUT2D eigenvalue weighted by Gasteiger charge is 2.25.